The zero-order valence-corrected chi connectivity index (χ0v) is 14.8. The maximum Gasteiger partial charge on any atom is 0.0700 e. The summed E-state index contributed by atoms with van der Waals surface area (Å²) in [5.74, 6) is 0. The molecule has 5 rings (SSSR count). The van der Waals surface area contributed by atoms with E-state index in [4.69, 9.17) is 0 Å². The van der Waals surface area contributed by atoms with E-state index >= 15 is 0 Å². The van der Waals surface area contributed by atoms with Crippen LogP contribution in [0, 0.1) is 0 Å². The molecule has 3 heteroatoms. The van der Waals surface area contributed by atoms with Crippen LogP contribution in [0.3, 0.4) is 0 Å². The van der Waals surface area contributed by atoms with E-state index in [9.17, 15) is 0 Å². The van der Waals surface area contributed by atoms with Crippen molar-refractivity contribution in [2.24, 2.45) is 5.10 Å². The van der Waals surface area contributed by atoms with Gasteiger partial charge in [0.1, 0.15) is 0 Å². The van der Waals surface area contributed by atoms with Crippen LogP contribution in [0.2, 0.25) is 0 Å². The van der Waals surface area contributed by atoms with Crippen molar-refractivity contribution in [3.63, 3.8) is 0 Å². The summed E-state index contributed by atoms with van der Waals surface area (Å²) in [5, 5.41) is 5.99. The van der Waals surface area contributed by atoms with E-state index in [0.717, 1.165) is 12.1 Å². The van der Waals surface area contributed by atoms with Gasteiger partial charge in [0.2, 0.25) is 0 Å². The number of aryl methyl sites for hydroxylation is 2. The zero-order chi connectivity index (χ0) is 17.3. The van der Waals surface area contributed by atoms with Gasteiger partial charge in [-0.2, -0.15) is 5.10 Å². The highest BCUT2D eigenvalue weighted by Gasteiger charge is 2.19. The van der Waals surface area contributed by atoms with E-state index in [0.29, 0.717) is 0 Å². The number of nitrogens with zero attached hydrogens (tertiary/aromatic N) is 1. The Morgan fingerprint density at radius 3 is 2.81 bits per heavy atom. The van der Waals surface area contributed by atoms with Crippen LogP contribution in [-0.2, 0) is 12.8 Å². The van der Waals surface area contributed by atoms with Gasteiger partial charge >= 0.3 is 0 Å². The molecule has 1 atom stereocenters. The zero-order valence-electron chi connectivity index (χ0n) is 14.8. The molecule has 1 aliphatic carbocycles. The Morgan fingerprint density at radius 2 is 1.88 bits per heavy atom. The number of aromatic nitrogens is 1. The molecule has 0 spiro atoms. The van der Waals surface area contributed by atoms with E-state index in [1.54, 1.807) is 0 Å². The number of H-pyrrole nitrogens is 1. The van der Waals surface area contributed by atoms with Crippen molar-refractivity contribution in [3.05, 3.63) is 77.0 Å². The van der Waals surface area contributed by atoms with Gasteiger partial charge in [-0.3, -0.25) is 0 Å². The lowest BCUT2D eigenvalue weighted by Crippen LogP contribution is -2.15. The van der Waals surface area contributed by atoms with Crippen LogP contribution in [0.1, 0.15) is 41.6 Å². The summed E-state index contributed by atoms with van der Waals surface area (Å²) in [6.45, 7) is 0. The highest BCUT2D eigenvalue weighted by atomic mass is 15.3. The van der Waals surface area contributed by atoms with Gasteiger partial charge in [-0.1, -0.05) is 54.6 Å². The number of benzene rings is 2. The molecule has 2 aliphatic rings. The van der Waals surface area contributed by atoms with Crippen LogP contribution < -0.4 is 5.43 Å². The van der Waals surface area contributed by atoms with Crippen molar-refractivity contribution < 1.29 is 0 Å². The summed E-state index contributed by atoms with van der Waals surface area (Å²) in [4.78, 5) is 3.65. The molecule has 26 heavy (non-hydrogen) atoms. The summed E-state index contributed by atoms with van der Waals surface area (Å²) < 4.78 is 0. The Balaban J connectivity index is 1.35. The minimum atomic E-state index is 0.262. The Morgan fingerprint density at radius 1 is 1.00 bits per heavy atom. The van der Waals surface area contributed by atoms with Crippen LogP contribution in [0.5, 0.6) is 0 Å². The SMILES string of the molecule is C(=C\C1CC(c2ccc3c4c([nH]c3c2)CCCC4)=NN1)/c1ccccc1. The van der Waals surface area contributed by atoms with Gasteiger partial charge in [-0.25, -0.2) is 0 Å². The summed E-state index contributed by atoms with van der Waals surface area (Å²) >= 11 is 0. The molecule has 0 radical (unpaired) electrons. The van der Waals surface area contributed by atoms with E-state index in [1.165, 1.54) is 59.0 Å². The lowest BCUT2D eigenvalue weighted by atomic mass is 9.95. The van der Waals surface area contributed by atoms with Gasteiger partial charge in [0, 0.05) is 23.0 Å². The fourth-order valence-electron chi connectivity index (χ4n) is 4.14. The molecule has 0 amide bonds. The van der Waals surface area contributed by atoms with Crippen LogP contribution in [0.25, 0.3) is 17.0 Å². The lowest BCUT2D eigenvalue weighted by Gasteiger charge is -2.10. The van der Waals surface area contributed by atoms with Crippen molar-refractivity contribution >= 4 is 22.7 Å². The predicted octanol–water partition coefficient (Wildman–Crippen LogP) is 4.83. The normalized spacial score (nSPS) is 19.5. The molecule has 3 nitrogen and oxygen atoms in total. The van der Waals surface area contributed by atoms with Gasteiger partial charge in [-0.05, 0) is 48.4 Å². The van der Waals surface area contributed by atoms with Crippen LogP contribution in [0.15, 0.2) is 59.7 Å². The molecule has 2 N–H and O–H groups in total. The number of hydrogen-bond acceptors (Lipinski definition) is 2. The standard InChI is InChI=1S/C23H23N3/c1-2-6-16(7-3-1)10-12-18-15-22(26-25-18)17-11-13-20-19-8-4-5-9-21(19)24-23(20)14-17/h1-3,6-7,10-14,18,24-25H,4-5,8-9,15H2/b12-10+. The van der Waals surface area contributed by atoms with Gasteiger partial charge in [-0.15, -0.1) is 0 Å². The average molecular weight is 341 g/mol. The Hall–Kier alpha value is -2.81. The molecule has 0 saturated carbocycles. The third-order valence-electron chi connectivity index (χ3n) is 5.53. The molecule has 3 aromatic rings. The summed E-state index contributed by atoms with van der Waals surface area (Å²) in [5.41, 5.74) is 11.1. The largest absolute Gasteiger partial charge is 0.358 e. The fraction of sp³-hybridized carbons (Fsp3) is 0.261. The number of hydrogen-bond donors (Lipinski definition) is 2. The van der Waals surface area contributed by atoms with Crippen molar-refractivity contribution in [1.82, 2.24) is 10.4 Å². The van der Waals surface area contributed by atoms with E-state index in [1.807, 2.05) is 6.07 Å². The molecule has 1 unspecified atom stereocenters. The molecular formula is C23H23N3. The monoisotopic (exact) mass is 341 g/mol. The molecule has 0 fully saturated rings. The first-order valence-corrected chi connectivity index (χ1v) is 9.56. The first-order chi connectivity index (χ1) is 12.9. The molecule has 1 aromatic heterocycles. The van der Waals surface area contributed by atoms with E-state index in [2.05, 4.69) is 70.1 Å². The van der Waals surface area contributed by atoms with E-state index in [-0.39, 0.29) is 6.04 Å². The Kier molecular flexibility index (Phi) is 3.85. The maximum atomic E-state index is 4.59. The topological polar surface area (TPSA) is 40.2 Å². The highest BCUT2D eigenvalue weighted by molar-refractivity contribution is 6.04. The summed E-state index contributed by atoms with van der Waals surface area (Å²) in [6, 6.07) is 17.5. The van der Waals surface area contributed by atoms with Gasteiger partial charge in [0.15, 0.2) is 0 Å². The smallest absolute Gasteiger partial charge is 0.0700 e. The molecule has 130 valence electrons. The summed E-state index contributed by atoms with van der Waals surface area (Å²) in [7, 11) is 0. The average Bonchev–Trinajstić information content (AvgIpc) is 3.31. The predicted molar refractivity (Wildman–Crippen MR) is 108 cm³/mol. The Bertz CT molecular complexity index is 995. The van der Waals surface area contributed by atoms with Gasteiger partial charge < -0.3 is 10.4 Å². The van der Waals surface area contributed by atoms with Crippen LogP contribution in [-0.4, -0.2) is 16.7 Å². The minimum absolute atomic E-state index is 0.262. The van der Waals surface area contributed by atoms with Crippen LogP contribution >= 0.6 is 0 Å². The van der Waals surface area contributed by atoms with Crippen molar-refractivity contribution in [2.45, 2.75) is 38.1 Å². The molecule has 1 aliphatic heterocycles. The first kappa shape index (κ1) is 15.4. The molecule has 0 bridgehead atoms. The summed E-state index contributed by atoms with van der Waals surface area (Å²) in [6.07, 6.45) is 10.3. The number of fused-ring (bicyclic) bond motifs is 3. The Labute approximate surface area is 153 Å². The molecule has 2 heterocycles. The van der Waals surface area contributed by atoms with E-state index < -0.39 is 0 Å². The van der Waals surface area contributed by atoms with Crippen molar-refractivity contribution in [1.29, 1.82) is 0 Å². The number of hydrazone groups is 1. The second-order valence-corrected chi connectivity index (χ2v) is 7.32. The fourth-order valence-corrected chi connectivity index (χ4v) is 4.14. The third-order valence-corrected chi connectivity index (χ3v) is 5.53. The lowest BCUT2D eigenvalue weighted by molar-refractivity contribution is 0.680. The second-order valence-electron chi connectivity index (χ2n) is 7.32. The first-order valence-electron chi connectivity index (χ1n) is 9.56. The van der Waals surface area contributed by atoms with Crippen LogP contribution in [0.4, 0.5) is 0 Å². The van der Waals surface area contributed by atoms with Crippen molar-refractivity contribution in [2.75, 3.05) is 0 Å². The van der Waals surface area contributed by atoms with Crippen molar-refractivity contribution in [3.8, 4) is 0 Å². The van der Waals surface area contributed by atoms with Gasteiger partial charge in [0.05, 0.1) is 11.8 Å². The van der Waals surface area contributed by atoms with Gasteiger partial charge in [0.25, 0.3) is 0 Å². The number of aromatic amines is 1. The third kappa shape index (κ3) is 2.84. The highest BCUT2D eigenvalue weighted by Crippen LogP contribution is 2.30. The number of rotatable bonds is 3. The number of nitrogens with one attached hydrogen (secondary N) is 2. The molecule has 2 aromatic carbocycles. The maximum absolute atomic E-state index is 4.59. The second kappa shape index (κ2) is 6.49. The molecular weight excluding hydrogens is 318 g/mol. The molecule has 0 saturated heterocycles. The minimum Gasteiger partial charge on any atom is -0.358 e. The quantitative estimate of drug-likeness (QED) is 0.704.